The van der Waals surface area contributed by atoms with Crippen molar-refractivity contribution in [3.05, 3.63) is 18.7 Å². The molecule has 0 N–H and O–H groups in total. The lowest BCUT2D eigenvalue weighted by atomic mass is 10.1. The quantitative estimate of drug-likeness (QED) is 0.562. The van der Waals surface area contributed by atoms with Gasteiger partial charge in [0.2, 0.25) is 0 Å². The molecule has 0 saturated carbocycles. The summed E-state index contributed by atoms with van der Waals surface area (Å²) in [5, 5.41) is 0. The van der Waals surface area contributed by atoms with Gasteiger partial charge in [-0.3, -0.25) is 0 Å². The first-order valence-corrected chi connectivity index (χ1v) is 10.5. The Balaban J connectivity index is 1.86. The van der Waals surface area contributed by atoms with Crippen LogP contribution in [0.2, 0.25) is 0 Å². The fourth-order valence-corrected chi connectivity index (χ4v) is 6.54. The van der Waals surface area contributed by atoms with Crippen LogP contribution < -0.4 is 0 Å². The zero-order valence-electron chi connectivity index (χ0n) is 13.6. The molecule has 4 heteroatoms. The minimum atomic E-state index is 0.462. The molecule has 2 heterocycles. The first-order chi connectivity index (χ1) is 10.3. The largest absolute Gasteiger partial charge is 0.337 e. The highest BCUT2D eigenvalue weighted by molar-refractivity contribution is 8.18. The van der Waals surface area contributed by atoms with E-state index in [0.29, 0.717) is 4.08 Å². The van der Waals surface area contributed by atoms with E-state index < -0.39 is 0 Å². The molecule has 120 valence electrons. The Bertz CT molecular complexity index is 370. The van der Waals surface area contributed by atoms with Gasteiger partial charge >= 0.3 is 0 Å². The van der Waals surface area contributed by atoms with Crippen molar-refractivity contribution in [3.8, 4) is 0 Å². The Kier molecular flexibility index (Phi) is 7.51. The highest BCUT2D eigenvalue weighted by atomic mass is 32.2. The average molecular weight is 327 g/mol. The number of rotatable bonds is 9. The number of hydrogen-bond acceptors (Lipinski definition) is 3. The van der Waals surface area contributed by atoms with Crippen molar-refractivity contribution in [2.45, 2.75) is 69.4 Å². The number of imidazole rings is 1. The summed E-state index contributed by atoms with van der Waals surface area (Å²) < 4.78 is 2.70. The number of thioether (sulfide) groups is 2. The van der Waals surface area contributed by atoms with Gasteiger partial charge in [0, 0.05) is 18.9 Å². The Labute approximate surface area is 138 Å². The van der Waals surface area contributed by atoms with Crippen molar-refractivity contribution in [2.24, 2.45) is 5.92 Å². The van der Waals surface area contributed by atoms with E-state index in [4.69, 9.17) is 0 Å². The summed E-state index contributed by atoms with van der Waals surface area (Å²) in [4.78, 5) is 4.17. The van der Waals surface area contributed by atoms with Crippen LogP contribution in [0.5, 0.6) is 0 Å². The first kappa shape index (κ1) is 17.3. The summed E-state index contributed by atoms with van der Waals surface area (Å²) in [5.41, 5.74) is 0. The lowest BCUT2D eigenvalue weighted by molar-refractivity contribution is 0.526. The third kappa shape index (κ3) is 5.55. The van der Waals surface area contributed by atoms with Crippen molar-refractivity contribution < 1.29 is 0 Å². The monoisotopic (exact) mass is 326 g/mol. The Morgan fingerprint density at radius 1 is 1.14 bits per heavy atom. The molecule has 0 aliphatic carbocycles. The van der Waals surface area contributed by atoms with Crippen molar-refractivity contribution in [2.75, 3.05) is 11.5 Å². The average Bonchev–Trinajstić information content (AvgIpc) is 3.04. The van der Waals surface area contributed by atoms with E-state index in [1.807, 2.05) is 12.5 Å². The van der Waals surface area contributed by atoms with Crippen LogP contribution in [0.25, 0.3) is 0 Å². The van der Waals surface area contributed by atoms with Crippen molar-refractivity contribution in [1.82, 2.24) is 9.55 Å². The molecule has 2 nitrogen and oxygen atoms in total. The molecule has 0 unspecified atom stereocenters. The predicted molar refractivity (Wildman–Crippen MR) is 97.0 cm³/mol. The number of unbranched alkanes of at least 4 members (excludes halogenated alkanes) is 3. The van der Waals surface area contributed by atoms with Gasteiger partial charge in [-0.1, -0.05) is 46.0 Å². The maximum absolute atomic E-state index is 4.17. The fraction of sp³-hybridized carbons (Fsp3) is 0.824. The number of aryl methyl sites for hydroxylation is 1. The van der Waals surface area contributed by atoms with Gasteiger partial charge in [-0.25, -0.2) is 4.98 Å². The van der Waals surface area contributed by atoms with Crippen LogP contribution in [0.4, 0.5) is 0 Å². The second-order valence-corrected chi connectivity index (χ2v) is 9.23. The van der Waals surface area contributed by atoms with Crippen LogP contribution in [-0.2, 0) is 6.54 Å². The van der Waals surface area contributed by atoms with E-state index in [2.05, 4.69) is 53.1 Å². The van der Waals surface area contributed by atoms with Crippen molar-refractivity contribution in [3.63, 3.8) is 0 Å². The molecule has 1 aromatic rings. The number of nitrogens with zero attached hydrogens (tertiary/aromatic N) is 2. The molecule has 0 bridgehead atoms. The van der Waals surface area contributed by atoms with E-state index in [0.717, 1.165) is 12.5 Å². The molecule has 0 radical (unpaired) electrons. The molecule has 0 atom stereocenters. The lowest BCUT2D eigenvalue weighted by Gasteiger charge is -2.39. The molecule has 0 aromatic carbocycles. The van der Waals surface area contributed by atoms with E-state index >= 15 is 0 Å². The fourth-order valence-electron chi connectivity index (χ4n) is 2.82. The minimum absolute atomic E-state index is 0.462. The van der Waals surface area contributed by atoms with Gasteiger partial charge in [-0.05, 0) is 30.3 Å². The van der Waals surface area contributed by atoms with E-state index in [1.165, 1.54) is 56.5 Å². The summed E-state index contributed by atoms with van der Waals surface area (Å²) in [7, 11) is 0. The first-order valence-electron chi connectivity index (χ1n) is 8.51. The number of hydrogen-bond donors (Lipinski definition) is 0. The molecule has 0 amide bonds. The highest BCUT2D eigenvalue weighted by Crippen LogP contribution is 2.50. The summed E-state index contributed by atoms with van der Waals surface area (Å²) in [6, 6.07) is 0. The third-order valence-corrected chi connectivity index (χ3v) is 8.31. The molecule has 1 fully saturated rings. The summed E-state index contributed by atoms with van der Waals surface area (Å²) >= 11 is 4.50. The zero-order chi connectivity index (χ0) is 15.0. The smallest absolute Gasteiger partial charge is 0.0945 e. The highest BCUT2D eigenvalue weighted by Gasteiger charge is 2.35. The summed E-state index contributed by atoms with van der Waals surface area (Å²) in [6.45, 7) is 5.75. The van der Waals surface area contributed by atoms with Gasteiger partial charge in [0.25, 0.3) is 0 Å². The molecule has 1 aliphatic heterocycles. The Hall–Kier alpha value is -0.0900. The molecule has 1 aliphatic rings. The van der Waals surface area contributed by atoms with Crippen LogP contribution in [0.1, 0.15) is 58.8 Å². The predicted octanol–water partition coefficient (Wildman–Crippen LogP) is 5.45. The van der Waals surface area contributed by atoms with Gasteiger partial charge in [0.15, 0.2) is 0 Å². The van der Waals surface area contributed by atoms with Crippen LogP contribution >= 0.6 is 23.5 Å². The third-order valence-electron chi connectivity index (χ3n) is 4.46. The zero-order valence-corrected chi connectivity index (χ0v) is 15.2. The molecule has 2 rings (SSSR count). The molecular weight excluding hydrogens is 296 g/mol. The van der Waals surface area contributed by atoms with Gasteiger partial charge in [0.1, 0.15) is 0 Å². The summed E-state index contributed by atoms with van der Waals surface area (Å²) in [5.74, 6) is 3.65. The second-order valence-electron chi connectivity index (χ2n) is 6.17. The van der Waals surface area contributed by atoms with Crippen LogP contribution in [-0.4, -0.2) is 25.1 Å². The van der Waals surface area contributed by atoms with Crippen LogP contribution in [0.3, 0.4) is 0 Å². The van der Waals surface area contributed by atoms with Gasteiger partial charge in [0.05, 0.1) is 10.4 Å². The normalized spacial score (nSPS) is 26.1. The molecule has 1 saturated heterocycles. The van der Waals surface area contributed by atoms with Crippen LogP contribution in [0, 0.1) is 5.92 Å². The van der Waals surface area contributed by atoms with E-state index in [1.54, 1.807) is 0 Å². The minimum Gasteiger partial charge on any atom is -0.337 e. The Morgan fingerprint density at radius 3 is 2.57 bits per heavy atom. The van der Waals surface area contributed by atoms with Crippen molar-refractivity contribution in [1.29, 1.82) is 0 Å². The molecule has 21 heavy (non-hydrogen) atoms. The lowest BCUT2D eigenvalue weighted by Crippen LogP contribution is -2.30. The second kappa shape index (κ2) is 9.14. The van der Waals surface area contributed by atoms with Gasteiger partial charge in [-0.15, -0.1) is 23.5 Å². The van der Waals surface area contributed by atoms with Crippen molar-refractivity contribution >= 4 is 23.5 Å². The molecule has 0 spiro atoms. The standard InChI is InChI=1S/C17H30N2S2/c1-3-5-6-7-8-17(9-11-19-12-10-18-15-19)20-13-16(4-2)14-21-17/h10,12,15-16H,3-9,11,13-14H2,1-2H3. The molecule has 1 aromatic heterocycles. The molecular formula is C17H30N2S2. The Morgan fingerprint density at radius 2 is 1.95 bits per heavy atom. The topological polar surface area (TPSA) is 17.8 Å². The van der Waals surface area contributed by atoms with E-state index in [9.17, 15) is 0 Å². The SMILES string of the molecule is CCCCCCC1(CCn2ccnc2)SCC(CC)CS1. The van der Waals surface area contributed by atoms with Gasteiger partial charge < -0.3 is 4.57 Å². The number of aromatic nitrogens is 2. The maximum atomic E-state index is 4.17. The van der Waals surface area contributed by atoms with Gasteiger partial charge in [-0.2, -0.15) is 0 Å². The maximum Gasteiger partial charge on any atom is 0.0945 e. The van der Waals surface area contributed by atoms with Crippen LogP contribution in [0.15, 0.2) is 18.7 Å². The van der Waals surface area contributed by atoms with E-state index in [-0.39, 0.29) is 0 Å². The summed E-state index contributed by atoms with van der Waals surface area (Å²) in [6.07, 6.45) is 15.5.